The van der Waals surface area contributed by atoms with Crippen molar-refractivity contribution in [1.29, 1.82) is 0 Å². The molecule has 0 fully saturated rings. The summed E-state index contributed by atoms with van der Waals surface area (Å²) in [5.41, 5.74) is 0. The second-order valence-electron chi connectivity index (χ2n) is 17.4. The Morgan fingerprint density at radius 3 is 1.22 bits per heavy atom. The fraction of sp³-hybridized carbons (Fsp3) is 0.552. The molecule has 0 saturated carbocycles. The number of likely N-dealkylation sites (N-methyl/N-ethyl adjacent to an activating group) is 1. The molecule has 0 aromatic heterocycles. The van der Waals surface area contributed by atoms with Gasteiger partial charge in [0.15, 0.2) is 6.10 Å². The van der Waals surface area contributed by atoms with Crippen molar-refractivity contribution in [2.45, 2.75) is 161 Å². The van der Waals surface area contributed by atoms with Crippen molar-refractivity contribution in [3.8, 4) is 0 Å². The van der Waals surface area contributed by atoms with Crippen molar-refractivity contribution < 1.29 is 42.1 Å². The Balaban J connectivity index is 4.41. The molecule has 2 atom stereocenters. The lowest BCUT2D eigenvalue weighted by Crippen LogP contribution is -2.37. The highest BCUT2D eigenvalue weighted by Gasteiger charge is 2.27. The van der Waals surface area contributed by atoms with E-state index >= 15 is 0 Å². The van der Waals surface area contributed by atoms with E-state index in [1.807, 2.05) is 27.2 Å². The number of carbonyl (C=O) groups excluding carboxylic acids is 2. The smallest absolute Gasteiger partial charge is 0.462 e. The number of allylic oxidation sites excluding steroid dienone is 24. The average Bonchev–Trinajstić information content (AvgIpc) is 3.30. The van der Waals surface area contributed by atoms with E-state index in [1.54, 1.807) is 0 Å². The van der Waals surface area contributed by atoms with Crippen molar-refractivity contribution in [2.24, 2.45) is 0 Å². The molecule has 0 bridgehead atoms. The number of quaternary nitrogens is 1. The van der Waals surface area contributed by atoms with Crippen LogP contribution in [0.4, 0.5) is 0 Å². The molecule has 68 heavy (non-hydrogen) atoms. The normalized spacial score (nSPS) is 14.6. The number of unbranched alkanes of at least 4 members (excludes halogenated alkanes) is 6. The van der Waals surface area contributed by atoms with Gasteiger partial charge in [0.1, 0.15) is 19.8 Å². The minimum Gasteiger partial charge on any atom is -0.462 e. The summed E-state index contributed by atoms with van der Waals surface area (Å²) in [4.78, 5) is 35.5. The number of hydrogen-bond donors (Lipinski definition) is 1. The van der Waals surface area contributed by atoms with Crippen LogP contribution in [0.1, 0.15) is 155 Å². The highest BCUT2D eigenvalue weighted by Crippen LogP contribution is 2.43. The van der Waals surface area contributed by atoms with E-state index in [0.29, 0.717) is 30.3 Å². The fourth-order valence-electron chi connectivity index (χ4n) is 5.97. The van der Waals surface area contributed by atoms with Crippen LogP contribution in [-0.4, -0.2) is 74.9 Å². The zero-order valence-corrected chi connectivity index (χ0v) is 43.9. The number of hydrogen-bond acceptors (Lipinski definition) is 7. The van der Waals surface area contributed by atoms with Crippen molar-refractivity contribution in [3.05, 3.63) is 146 Å². The Morgan fingerprint density at radius 2 is 0.809 bits per heavy atom. The number of phosphoric ester groups is 1. The van der Waals surface area contributed by atoms with E-state index in [1.165, 1.54) is 0 Å². The van der Waals surface area contributed by atoms with Gasteiger partial charge in [0.25, 0.3) is 0 Å². The van der Waals surface area contributed by atoms with E-state index < -0.39 is 32.5 Å². The van der Waals surface area contributed by atoms with Crippen molar-refractivity contribution in [2.75, 3.05) is 47.5 Å². The minimum absolute atomic E-state index is 0.00846. The summed E-state index contributed by atoms with van der Waals surface area (Å²) >= 11 is 0. The second-order valence-corrected chi connectivity index (χ2v) is 18.9. The molecule has 2 unspecified atom stereocenters. The number of rotatable bonds is 44. The molecule has 0 aliphatic carbocycles. The molecule has 0 aromatic carbocycles. The minimum atomic E-state index is -4.41. The molecular formula is C58H93NO8P+. The van der Waals surface area contributed by atoms with Crippen LogP contribution in [0, 0.1) is 0 Å². The molecule has 0 saturated heterocycles. The number of carbonyl (C=O) groups is 2. The third-order valence-electron chi connectivity index (χ3n) is 9.86. The van der Waals surface area contributed by atoms with Gasteiger partial charge in [-0.05, 0) is 109 Å². The lowest BCUT2D eigenvalue weighted by Gasteiger charge is -2.24. The van der Waals surface area contributed by atoms with E-state index in [-0.39, 0.29) is 26.1 Å². The first kappa shape index (κ1) is 63.9. The fourth-order valence-corrected chi connectivity index (χ4v) is 6.71. The van der Waals surface area contributed by atoms with Crippen LogP contribution in [0.5, 0.6) is 0 Å². The predicted molar refractivity (Wildman–Crippen MR) is 288 cm³/mol. The van der Waals surface area contributed by atoms with Crippen LogP contribution in [0.15, 0.2) is 146 Å². The van der Waals surface area contributed by atoms with Gasteiger partial charge >= 0.3 is 19.8 Å². The Morgan fingerprint density at radius 1 is 0.456 bits per heavy atom. The third kappa shape index (κ3) is 51.3. The zero-order valence-electron chi connectivity index (χ0n) is 43.0. The highest BCUT2D eigenvalue weighted by molar-refractivity contribution is 7.47. The molecule has 9 nitrogen and oxygen atoms in total. The summed E-state index contributed by atoms with van der Waals surface area (Å²) in [6.07, 6.45) is 70.6. The van der Waals surface area contributed by atoms with E-state index in [4.69, 9.17) is 18.5 Å². The summed E-state index contributed by atoms with van der Waals surface area (Å²) in [6, 6.07) is 0. The van der Waals surface area contributed by atoms with Gasteiger partial charge < -0.3 is 18.9 Å². The Labute approximate surface area is 414 Å². The molecule has 0 heterocycles. The molecule has 1 N–H and O–H groups in total. The van der Waals surface area contributed by atoms with Gasteiger partial charge in [-0.25, -0.2) is 4.57 Å². The van der Waals surface area contributed by atoms with Gasteiger partial charge in [-0.3, -0.25) is 18.6 Å². The molecule has 0 rings (SSSR count). The molecule has 0 aliphatic rings. The van der Waals surface area contributed by atoms with Crippen LogP contribution in [0.2, 0.25) is 0 Å². The summed E-state index contributed by atoms with van der Waals surface area (Å²) in [5.74, 6) is -0.904. The Hall–Kier alpha value is -4.11. The molecule has 10 heteroatoms. The second kappa shape index (κ2) is 47.9. The maximum atomic E-state index is 12.7. The van der Waals surface area contributed by atoms with Gasteiger partial charge in [-0.15, -0.1) is 0 Å². The predicted octanol–water partition coefficient (Wildman–Crippen LogP) is 15.6. The highest BCUT2D eigenvalue weighted by atomic mass is 31.2. The number of esters is 2. The third-order valence-corrected chi connectivity index (χ3v) is 10.8. The van der Waals surface area contributed by atoms with Crippen LogP contribution in [0.3, 0.4) is 0 Å². The maximum absolute atomic E-state index is 12.7. The van der Waals surface area contributed by atoms with Gasteiger partial charge in [0.2, 0.25) is 0 Å². The molecule has 0 aliphatic heterocycles. The Kier molecular flexibility index (Phi) is 45.0. The van der Waals surface area contributed by atoms with Crippen LogP contribution < -0.4 is 0 Å². The first-order chi connectivity index (χ1) is 33.0. The van der Waals surface area contributed by atoms with E-state index in [2.05, 4.69) is 154 Å². The van der Waals surface area contributed by atoms with Gasteiger partial charge in [-0.1, -0.05) is 179 Å². The molecular weight excluding hydrogens is 870 g/mol. The standard InChI is InChI=1S/C58H92NO8P/c1-6-8-10-12-14-16-18-20-22-23-24-25-26-27-28-29-30-31-32-33-34-35-37-39-41-43-45-47-49-51-58(61)67-56(55-66-68(62,63)65-53-52-59(3,4)5)54-64-57(60)50-48-46-44-42-40-38-36-21-19-17-15-13-11-9-7-2/h8-11,14-17,20-22,24-25,27-28,30-31,33-34,36-37,39,43,45,56H,6-7,12-13,18-19,23,26,29,32,35,38,40-42,44,46-55H2,1-5H3/p+1/b10-8-,11-9-,16-14-,17-15-,22-20-,25-24-,28-27-,31-30-,34-33-,36-21-,39-37-,45-43-. The van der Waals surface area contributed by atoms with Crippen molar-refractivity contribution >= 4 is 19.8 Å². The van der Waals surface area contributed by atoms with Gasteiger partial charge in [0.05, 0.1) is 27.7 Å². The molecule has 0 aromatic rings. The Bertz CT molecular complexity index is 1650. The largest absolute Gasteiger partial charge is 0.472 e. The van der Waals surface area contributed by atoms with Gasteiger partial charge in [0, 0.05) is 12.8 Å². The summed E-state index contributed by atoms with van der Waals surface area (Å²) in [7, 11) is 1.40. The summed E-state index contributed by atoms with van der Waals surface area (Å²) in [5, 5.41) is 0. The average molecular weight is 963 g/mol. The van der Waals surface area contributed by atoms with Crippen LogP contribution >= 0.6 is 7.82 Å². The molecule has 0 spiro atoms. The first-order valence-electron chi connectivity index (χ1n) is 25.6. The summed E-state index contributed by atoms with van der Waals surface area (Å²) < 4.78 is 34.3. The SMILES string of the molecule is CC/C=C\C/C=C\C/C=C\C/C=C\C/C=C\C/C=C\C/C=C\C/C=C\C/C=C\CCCC(=O)OC(COC(=O)CCCCCCC/C=C\C/C=C\C/C=C\CC)COP(=O)(O)OCC[N+](C)(C)C. The maximum Gasteiger partial charge on any atom is 0.472 e. The molecule has 0 amide bonds. The summed E-state index contributed by atoms with van der Waals surface area (Å²) in [6.45, 7) is 4.07. The number of nitrogens with zero attached hydrogens (tertiary/aromatic N) is 1. The lowest BCUT2D eigenvalue weighted by atomic mass is 10.1. The topological polar surface area (TPSA) is 108 Å². The van der Waals surface area contributed by atoms with Crippen molar-refractivity contribution in [3.63, 3.8) is 0 Å². The zero-order chi connectivity index (χ0) is 49.9. The number of ether oxygens (including phenoxy) is 2. The van der Waals surface area contributed by atoms with E-state index in [9.17, 15) is 19.0 Å². The molecule has 382 valence electrons. The van der Waals surface area contributed by atoms with Gasteiger partial charge in [-0.2, -0.15) is 0 Å². The monoisotopic (exact) mass is 963 g/mol. The number of phosphoric acid groups is 1. The van der Waals surface area contributed by atoms with Crippen LogP contribution in [0.25, 0.3) is 0 Å². The van der Waals surface area contributed by atoms with E-state index in [0.717, 1.165) is 109 Å². The first-order valence-corrected chi connectivity index (χ1v) is 27.1. The van der Waals surface area contributed by atoms with Crippen molar-refractivity contribution in [1.82, 2.24) is 0 Å². The van der Waals surface area contributed by atoms with Crippen LogP contribution in [-0.2, 0) is 32.7 Å². The molecule has 0 radical (unpaired) electrons. The lowest BCUT2D eigenvalue weighted by molar-refractivity contribution is -0.870. The quantitative estimate of drug-likeness (QED) is 0.0211.